The highest BCUT2D eigenvalue weighted by Gasteiger charge is 2.50. The second kappa shape index (κ2) is 13.8. The molecule has 7 unspecified atom stereocenters. The lowest BCUT2D eigenvalue weighted by Gasteiger charge is -2.54. The van der Waals surface area contributed by atoms with Gasteiger partial charge in [-0.05, 0) is 106 Å². The molecule has 0 spiro atoms. The summed E-state index contributed by atoms with van der Waals surface area (Å²) >= 11 is 0. The van der Waals surface area contributed by atoms with Crippen LogP contribution < -0.4 is 0 Å². The molecular weight excluding hydrogens is 552 g/mol. The van der Waals surface area contributed by atoms with Crippen LogP contribution >= 0.6 is 0 Å². The van der Waals surface area contributed by atoms with Crippen molar-refractivity contribution in [3.05, 3.63) is 11.6 Å². The first-order chi connectivity index (χ1) is 18.3. The van der Waals surface area contributed by atoms with E-state index in [-0.39, 0.29) is 10.8 Å². The Kier molecular flexibility index (Phi) is 12.3. The van der Waals surface area contributed by atoms with Crippen LogP contribution in [0.3, 0.4) is 0 Å². The minimum Gasteiger partial charge on any atom is -0.264 e. The van der Waals surface area contributed by atoms with Crippen LogP contribution in [0.5, 0.6) is 0 Å². The summed E-state index contributed by atoms with van der Waals surface area (Å²) < 4.78 is 73.3. The van der Waals surface area contributed by atoms with Gasteiger partial charge in [0.05, 0.1) is 11.7 Å². The fourth-order valence-corrected chi connectivity index (χ4v) is 9.65. The maximum absolute atomic E-state index is 11.4. The van der Waals surface area contributed by atoms with E-state index in [0.717, 1.165) is 57.8 Å². The Morgan fingerprint density at radius 1 is 1.05 bits per heavy atom. The molecule has 0 heterocycles. The second-order valence-electron chi connectivity index (χ2n) is 14.0. The molecule has 236 valence electrons. The molecule has 0 amide bonds. The van der Waals surface area contributed by atoms with Gasteiger partial charge in [-0.15, -0.1) is 0 Å². The Morgan fingerprint density at radius 3 is 2.23 bits per heavy atom. The molecule has 40 heavy (non-hydrogen) atoms. The lowest BCUT2D eigenvalue weighted by molar-refractivity contribution is -0.0248. The van der Waals surface area contributed by atoms with E-state index < -0.39 is 32.5 Å². The van der Waals surface area contributed by atoms with Crippen molar-refractivity contribution in [2.45, 2.75) is 144 Å². The van der Waals surface area contributed by atoms with Crippen molar-refractivity contribution in [3.8, 4) is 0 Å². The van der Waals surface area contributed by atoms with Gasteiger partial charge in [0.25, 0.3) is 0 Å². The van der Waals surface area contributed by atoms with Gasteiger partial charge in [-0.1, -0.05) is 72.5 Å². The van der Waals surface area contributed by atoms with Gasteiger partial charge in [0.15, 0.2) is 0 Å². The van der Waals surface area contributed by atoms with Gasteiger partial charge >= 0.3 is 20.8 Å². The largest absolute Gasteiger partial charge is 0.397 e. The van der Waals surface area contributed by atoms with Gasteiger partial charge in [-0.3, -0.25) is 9.11 Å². The minimum absolute atomic E-state index is 0.0136. The summed E-state index contributed by atoms with van der Waals surface area (Å²) in [4.78, 5) is 0. The number of hydrogen-bond acceptors (Lipinski definition) is 6. The van der Waals surface area contributed by atoms with Crippen LogP contribution in [0.25, 0.3) is 0 Å². The second-order valence-corrected chi connectivity index (χ2v) is 16.0. The number of allylic oxidation sites excluding steroid dienone is 1. The Bertz CT molecular complexity index is 1070. The van der Waals surface area contributed by atoms with Crippen molar-refractivity contribution in [3.63, 3.8) is 0 Å². The predicted molar refractivity (Wildman–Crippen MR) is 159 cm³/mol. The summed E-state index contributed by atoms with van der Waals surface area (Å²) in [5, 5.41) is 0. The van der Waals surface area contributed by atoms with Crippen LogP contribution in [0, 0.1) is 34.5 Å². The van der Waals surface area contributed by atoms with Crippen molar-refractivity contribution < 1.29 is 34.3 Å². The van der Waals surface area contributed by atoms with E-state index >= 15 is 0 Å². The third-order valence-electron chi connectivity index (χ3n) is 10.1. The molecule has 2 saturated carbocycles. The van der Waals surface area contributed by atoms with Crippen molar-refractivity contribution in [2.24, 2.45) is 34.5 Å². The average molecular weight is 609 g/mol. The standard InChI is InChI=1S/C30H56O8S2/c1-9-12-24-20-25(37-39(31,32)33)15-19-30(24,8)27-16-18-29(7,21-23(27)4)26(13-10-2)22(3)14-11-17-28(5,6)38-40(34,35)36/h12,22-23,25-27H,9-11,13-21H2,1-8H3,(H,31,32,33)(H,34,35,36)/b24-12-. The molecule has 2 N–H and O–H groups in total. The topological polar surface area (TPSA) is 127 Å². The molecule has 0 aromatic heterocycles. The summed E-state index contributed by atoms with van der Waals surface area (Å²) in [6.45, 7) is 17.3. The fourth-order valence-electron chi connectivity index (χ4n) is 8.48. The van der Waals surface area contributed by atoms with E-state index in [1.807, 2.05) is 0 Å². The molecule has 0 bridgehead atoms. The zero-order chi connectivity index (χ0) is 30.6. The van der Waals surface area contributed by atoms with E-state index in [0.29, 0.717) is 42.9 Å². The van der Waals surface area contributed by atoms with Crippen molar-refractivity contribution in [1.29, 1.82) is 0 Å². The molecule has 0 radical (unpaired) electrons. The first-order valence-electron chi connectivity index (χ1n) is 15.3. The fraction of sp³-hybridized carbons (Fsp3) is 0.933. The summed E-state index contributed by atoms with van der Waals surface area (Å²) in [5.41, 5.74) is 0.528. The molecular formula is C30H56O8S2. The summed E-state index contributed by atoms with van der Waals surface area (Å²) in [7, 11) is -8.95. The van der Waals surface area contributed by atoms with Crippen molar-refractivity contribution in [1.82, 2.24) is 0 Å². The number of rotatable bonds is 14. The zero-order valence-electron chi connectivity index (χ0n) is 26.1. The zero-order valence-corrected chi connectivity index (χ0v) is 27.7. The smallest absolute Gasteiger partial charge is 0.264 e. The summed E-state index contributed by atoms with van der Waals surface area (Å²) in [6.07, 6.45) is 12.7. The normalized spacial score (nSPS) is 33.1. The lowest BCUT2D eigenvalue weighted by Crippen LogP contribution is -2.46. The van der Waals surface area contributed by atoms with Gasteiger partial charge in [0.2, 0.25) is 0 Å². The van der Waals surface area contributed by atoms with Gasteiger partial charge in [-0.25, -0.2) is 8.37 Å². The maximum atomic E-state index is 11.4. The third kappa shape index (κ3) is 10.0. The maximum Gasteiger partial charge on any atom is 0.397 e. The van der Waals surface area contributed by atoms with E-state index in [9.17, 15) is 21.4 Å². The highest BCUT2D eigenvalue weighted by Crippen LogP contribution is 2.59. The van der Waals surface area contributed by atoms with Crippen LogP contribution in [-0.4, -0.2) is 37.6 Å². The van der Waals surface area contributed by atoms with Crippen LogP contribution in [0.4, 0.5) is 0 Å². The average Bonchev–Trinajstić information content (AvgIpc) is 2.77. The monoisotopic (exact) mass is 608 g/mol. The van der Waals surface area contributed by atoms with E-state index in [2.05, 4.69) is 47.6 Å². The van der Waals surface area contributed by atoms with Crippen molar-refractivity contribution >= 4 is 20.8 Å². The summed E-state index contributed by atoms with van der Waals surface area (Å²) in [6, 6.07) is 0. The third-order valence-corrected chi connectivity index (χ3v) is 11.3. The Hall–Kier alpha value is -0.520. The first-order valence-corrected chi connectivity index (χ1v) is 18.0. The van der Waals surface area contributed by atoms with Crippen LogP contribution in [-0.2, 0) is 29.2 Å². The Labute approximate surface area is 245 Å². The Balaban J connectivity index is 2.13. The van der Waals surface area contributed by atoms with E-state index in [1.54, 1.807) is 13.8 Å². The van der Waals surface area contributed by atoms with E-state index in [1.165, 1.54) is 5.57 Å². The molecule has 7 atom stereocenters. The first kappa shape index (κ1) is 35.7. The van der Waals surface area contributed by atoms with E-state index in [4.69, 9.17) is 12.9 Å². The van der Waals surface area contributed by atoms with Crippen LogP contribution in [0.15, 0.2) is 11.6 Å². The van der Waals surface area contributed by atoms with Crippen LogP contribution in [0.1, 0.15) is 132 Å². The molecule has 0 aromatic rings. The highest BCUT2D eigenvalue weighted by atomic mass is 32.3. The Morgan fingerprint density at radius 2 is 1.70 bits per heavy atom. The molecule has 2 fully saturated rings. The summed E-state index contributed by atoms with van der Waals surface area (Å²) in [5.74, 6) is 2.05. The lowest BCUT2D eigenvalue weighted by atomic mass is 9.51. The van der Waals surface area contributed by atoms with Gasteiger partial charge in [-0.2, -0.15) is 16.8 Å². The molecule has 0 aliphatic heterocycles. The molecule has 10 heteroatoms. The molecule has 2 aliphatic carbocycles. The predicted octanol–water partition coefficient (Wildman–Crippen LogP) is 7.96. The minimum atomic E-state index is -4.48. The van der Waals surface area contributed by atoms with Gasteiger partial charge in [0, 0.05) is 0 Å². The molecule has 0 saturated heterocycles. The molecule has 2 aliphatic rings. The molecule has 0 aromatic carbocycles. The molecule has 8 nitrogen and oxygen atoms in total. The van der Waals surface area contributed by atoms with Crippen LogP contribution in [0.2, 0.25) is 0 Å². The highest BCUT2D eigenvalue weighted by molar-refractivity contribution is 7.81. The number of hydrogen-bond donors (Lipinski definition) is 2. The van der Waals surface area contributed by atoms with Crippen molar-refractivity contribution in [2.75, 3.05) is 0 Å². The van der Waals surface area contributed by atoms with Gasteiger partial charge < -0.3 is 0 Å². The molecule has 2 rings (SSSR count). The SMILES string of the molecule is CC/C=C1/CC(OS(=O)(=O)O)CCC1(C)C1CCC(C)(C(CCC)C(C)CCCC(C)(C)OS(=O)(=O)O)CC1C. The quantitative estimate of drug-likeness (QED) is 0.150. The van der Waals surface area contributed by atoms with Gasteiger partial charge in [0.1, 0.15) is 0 Å².